The van der Waals surface area contributed by atoms with Crippen LogP contribution in [0.5, 0.6) is 0 Å². The van der Waals surface area contributed by atoms with Gasteiger partial charge in [0, 0.05) is 18.7 Å². The molecule has 0 aliphatic carbocycles. The van der Waals surface area contributed by atoms with Gasteiger partial charge >= 0.3 is 0 Å². The second kappa shape index (κ2) is 7.99. The van der Waals surface area contributed by atoms with Gasteiger partial charge in [0.05, 0.1) is 13.1 Å². The van der Waals surface area contributed by atoms with Crippen LogP contribution >= 0.6 is 15.9 Å². The second-order valence-corrected chi connectivity index (χ2v) is 7.56. The van der Waals surface area contributed by atoms with E-state index in [1.165, 1.54) is 10.4 Å². The fourth-order valence-electron chi connectivity index (χ4n) is 1.74. The Bertz CT molecular complexity index is 602. The average Bonchev–Trinajstić information content (AvgIpc) is 2.78. The number of furan rings is 1. The van der Waals surface area contributed by atoms with Crippen molar-refractivity contribution in [1.82, 2.24) is 9.62 Å². The molecule has 0 saturated heterocycles. The number of hydrogen-bond donors (Lipinski definition) is 1. The summed E-state index contributed by atoms with van der Waals surface area (Å²) >= 11 is 3.18. The molecule has 0 spiro atoms. The Morgan fingerprint density at radius 3 is 2.71 bits per heavy atom. The highest BCUT2D eigenvalue weighted by molar-refractivity contribution is 9.10. The van der Waals surface area contributed by atoms with Crippen LogP contribution in [0.4, 0.5) is 0 Å². The maximum Gasteiger partial charge on any atom is 0.248 e. The Balaban J connectivity index is 3.04. The lowest BCUT2D eigenvalue weighted by Crippen LogP contribution is -2.32. The summed E-state index contributed by atoms with van der Waals surface area (Å²) in [4.78, 5) is 0.117. The molecule has 1 heterocycles. The zero-order chi connectivity index (χ0) is 16.0. The monoisotopic (exact) mass is 376 g/mol. The van der Waals surface area contributed by atoms with E-state index >= 15 is 0 Å². The summed E-state index contributed by atoms with van der Waals surface area (Å²) in [6.45, 7) is 6.81. The van der Waals surface area contributed by atoms with Crippen LogP contribution in [0.15, 0.2) is 20.0 Å². The van der Waals surface area contributed by atoms with Gasteiger partial charge in [-0.1, -0.05) is 26.7 Å². The van der Waals surface area contributed by atoms with Crippen LogP contribution in [-0.4, -0.2) is 31.9 Å². The minimum atomic E-state index is -3.65. The van der Waals surface area contributed by atoms with Crippen LogP contribution in [0.3, 0.4) is 0 Å². The van der Waals surface area contributed by atoms with Crippen molar-refractivity contribution < 1.29 is 12.8 Å². The van der Waals surface area contributed by atoms with Gasteiger partial charge in [0.2, 0.25) is 10.0 Å². The highest BCUT2D eigenvalue weighted by atomic mass is 79.9. The van der Waals surface area contributed by atoms with E-state index in [4.69, 9.17) is 10.8 Å². The first kappa shape index (κ1) is 18.2. The number of terminal acetylenes is 1. The third-order valence-corrected chi connectivity index (χ3v) is 5.45. The average molecular weight is 377 g/mol. The van der Waals surface area contributed by atoms with Crippen LogP contribution in [0, 0.1) is 12.3 Å². The Morgan fingerprint density at radius 2 is 2.19 bits per heavy atom. The van der Waals surface area contributed by atoms with Gasteiger partial charge in [-0.3, -0.25) is 0 Å². The van der Waals surface area contributed by atoms with E-state index < -0.39 is 10.0 Å². The maximum atomic E-state index is 12.6. The molecular formula is C14H21BrN2O3S. The van der Waals surface area contributed by atoms with Crippen molar-refractivity contribution in [2.24, 2.45) is 0 Å². The first-order valence-corrected chi connectivity index (χ1v) is 9.01. The van der Waals surface area contributed by atoms with E-state index in [0.29, 0.717) is 25.3 Å². The molecule has 1 aromatic rings. The fraction of sp³-hybridized carbons (Fsp3) is 0.571. The lowest BCUT2D eigenvalue weighted by molar-refractivity contribution is 0.435. The second-order valence-electron chi connectivity index (χ2n) is 4.93. The van der Waals surface area contributed by atoms with Crippen LogP contribution in [0.1, 0.15) is 33.0 Å². The third kappa shape index (κ3) is 4.85. The normalized spacial score (nSPS) is 12.0. The molecule has 7 heteroatoms. The number of sulfonamides is 1. The van der Waals surface area contributed by atoms with Gasteiger partial charge in [0.1, 0.15) is 10.7 Å². The van der Waals surface area contributed by atoms with E-state index in [1.807, 2.05) is 20.8 Å². The Labute approximate surface area is 135 Å². The Kier molecular flexibility index (Phi) is 6.94. The predicted octanol–water partition coefficient (Wildman–Crippen LogP) is 2.57. The van der Waals surface area contributed by atoms with Crippen molar-refractivity contribution >= 4 is 26.0 Å². The molecule has 1 aromatic heterocycles. The number of rotatable bonds is 8. The van der Waals surface area contributed by atoms with Gasteiger partial charge in [-0.15, -0.1) is 6.42 Å². The van der Waals surface area contributed by atoms with E-state index in [9.17, 15) is 8.42 Å². The fourth-order valence-corrected chi connectivity index (χ4v) is 4.15. The van der Waals surface area contributed by atoms with Crippen LogP contribution in [-0.2, 0) is 16.6 Å². The SMILES string of the molecule is C#CCN(CCC)S(=O)(=O)c1cc(CNC(C)C)oc1Br. The van der Waals surface area contributed by atoms with E-state index in [0.717, 1.165) is 0 Å². The lowest BCUT2D eigenvalue weighted by atomic mass is 10.3. The summed E-state index contributed by atoms with van der Waals surface area (Å²) in [5.74, 6) is 2.94. The van der Waals surface area contributed by atoms with Crippen molar-refractivity contribution in [2.75, 3.05) is 13.1 Å². The van der Waals surface area contributed by atoms with Crippen LogP contribution in [0.25, 0.3) is 0 Å². The molecule has 1 N–H and O–H groups in total. The minimum absolute atomic E-state index is 0.0490. The molecule has 0 saturated carbocycles. The molecule has 0 aliphatic heterocycles. The number of hydrogen-bond acceptors (Lipinski definition) is 4. The molecule has 0 fully saturated rings. The van der Waals surface area contributed by atoms with Crippen LogP contribution in [0.2, 0.25) is 0 Å². The highest BCUT2D eigenvalue weighted by Crippen LogP contribution is 2.28. The van der Waals surface area contributed by atoms with Crippen molar-refractivity contribution in [3.8, 4) is 12.3 Å². The standard InChI is InChI=1S/C14H21BrN2O3S/c1-5-7-17(8-6-2)21(18,19)13-9-12(20-14(13)15)10-16-11(3)4/h1,9,11,16H,6-8,10H2,2-4H3. The van der Waals surface area contributed by atoms with E-state index in [2.05, 4.69) is 27.2 Å². The molecule has 21 heavy (non-hydrogen) atoms. The third-order valence-electron chi connectivity index (χ3n) is 2.75. The molecule has 0 unspecified atom stereocenters. The van der Waals surface area contributed by atoms with Gasteiger partial charge in [-0.25, -0.2) is 8.42 Å². The molecule has 1 rings (SSSR count). The first-order valence-electron chi connectivity index (χ1n) is 6.78. The largest absolute Gasteiger partial charge is 0.452 e. The zero-order valence-corrected chi connectivity index (χ0v) is 14.9. The van der Waals surface area contributed by atoms with Gasteiger partial charge < -0.3 is 9.73 Å². The summed E-state index contributed by atoms with van der Waals surface area (Å²) in [6, 6.07) is 1.82. The quantitative estimate of drug-likeness (QED) is 0.708. The molecule has 0 bridgehead atoms. The molecule has 0 aromatic carbocycles. The van der Waals surface area contributed by atoms with Crippen molar-refractivity contribution in [1.29, 1.82) is 0 Å². The Hall–Kier alpha value is -0.810. The van der Waals surface area contributed by atoms with Crippen molar-refractivity contribution in [3.63, 3.8) is 0 Å². The summed E-state index contributed by atoms with van der Waals surface area (Å²) in [5, 5.41) is 3.18. The number of nitrogens with one attached hydrogen (secondary N) is 1. The van der Waals surface area contributed by atoms with Gasteiger partial charge in [-0.05, 0) is 22.4 Å². The number of nitrogens with zero attached hydrogens (tertiary/aromatic N) is 1. The van der Waals surface area contributed by atoms with E-state index in [1.54, 1.807) is 0 Å². The molecule has 0 aliphatic rings. The minimum Gasteiger partial charge on any atom is -0.452 e. The summed E-state index contributed by atoms with van der Waals surface area (Å²) < 4.78 is 32.2. The van der Waals surface area contributed by atoms with Gasteiger partial charge in [-0.2, -0.15) is 4.31 Å². The summed E-state index contributed by atoms with van der Waals surface area (Å²) in [6.07, 6.45) is 5.95. The van der Waals surface area contributed by atoms with Gasteiger partial charge in [0.25, 0.3) is 0 Å². The molecule has 0 atom stereocenters. The first-order chi connectivity index (χ1) is 9.82. The van der Waals surface area contributed by atoms with Gasteiger partial charge in [0.15, 0.2) is 4.67 Å². The molecule has 0 radical (unpaired) electrons. The van der Waals surface area contributed by atoms with Crippen molar-refractivity contribution in [3.05, 3.63) is 16.5 Å². The molecular weight excluding hydrogens is 356 g/mol. The zero-order valence-electron chi connectivity index (χ0n) is 12.5. The molecule has 118 valence electrons. The van der Waals surface area contributed by atoms with Crippen LogP contribution < -0.4 is 5.32 Å². The smallest absolute Gasteiger partial charge is 0.248 e. The maximum absolute atomic E-state index is 12.6. The van der Waals surface area contributed by atoms with Crippen molar-refractivity contribution in [2.45, 2.75) is 44.7 Å². The lowest BCUT2D eigenvalue weighted by Gasteiger charge is -2.18. The number of halogens is 1. The highest BCUT2D eigenvalue weighted by Gasteiger charge is 2.28. The van der Waals surface area contributed by atoms with E-state index in [-0.39, 0.29) is 22.2 Å². The Morgan fingerprint density at radius 1 is 1.52 bits per heavy atom. The molecule has 5 nitrogen and oxygen atoms in total. The summed E-state index contributed by atoms with van der Waals surface area (Å²) in [7, 11) is -3.65. The topological polar surface area (TPSA) is 62.6 Å². The molecule has 0 amide bonds. The predicted molar refractivity (Wildman–Crippen MR) is 86.3 cm³/mol. The summed E-state index contributed by atoms with van der Waals surface area (Å²) in [5.41, 5.74) is 0.